The molecule has 1 aliphatic rings. The van der Waals surface area contributed by atoms with Gasteiger partial charge in [-0.3, -0.25) is 0 Å². The molecule has 0 aliphatic heterocycles. The first-order valence-electron chi connectivity index (χ1n) is 6.14. The number of carbonyl (C=O) groups is 1. The molecule has 4 nitrogen and oxygen atoms in total. The minimum absolute atomic E-state index is 0.0102. The van der Waals surface area contributed by atoms with Gasteiger partial charge in [0.05, 0.1) is 0 Å². The number of hydrogen-bond acceptors (Lipinski definition) is 3. The molecule has 1 fully saturated rings. The predicted octanol–water partition coefficient (Wildman–Crippen LogP) is 2.99. The molecule has 0 spiro atoms. The highest BCUT2D eigenvalue weighted by Crippen LogP contribution is 2.30. The van der Waals surface area contributed by atoms with Gasteiger partial charge in [0.1, 0.15) is 0 Å². The van der Waals surface area contributed by atoms with Gasteiger partial charge in [-0.25, -0.2) is 4.79 Å². The van der Waals surface area contributed by atoms with E-state index in [0.717, 1.165) is 18.8 Å². The molecule has 2 rings (SSSR count). The van der Waals surface area contributed by atoms with Crippen LogP contribution in [0.5, 0.6) is 0 Å². The van der Waals surface area contributed by atoms with Crippen LogP contribution < -0.4 is 4.90 Å². The molecule has 0 amide bonds. The third kappa shape index (κ3) is 2.62. The molecular formula is C13H19NO3. The van der Waals surface area contributed by atoms with Crippen molar-refractivity contribution in [2.24, 2.45) is 5.92 Å². The summed E-state index contributed by atoms with van der Waals surface area (Å²) in [5.41, 5.74) is 0. The highest BCUT2D eigenvalue weighted by atomic mass is 16.4. The average Bonchev–Trinajstić information content (AvgIpc) is 2.78. The monoisotopic (exact) mass is 237 g/mol. The Morgan fingerprint density at radius 2 is 2.00 bits per heavy atom. The van der Waals surface area contributed by atoms with Crippen LogP contribution in [0.3, 0.4) is 0 Å². The quantitative estimate of drug-likeness (QED) is 0.878. The lowest BCUT2D eigenvalue weighted by Crippen LogP contribution is -2.34. The van der Waals surface area contributed by atoms with Crippen molar-refractivity contribution in [2.75, 3.05) is 11.9 Å². The largest absolute Gasteiger partial charge is 0.475 e. The number of furan rings is 1. The number of nitrogens with zero attached hydrogens (tertiary/aromatic N) is 1. The highest BCUT2D eigenvalue weighted by Gasteiger charge is 2.24. The fourth-order valence-electron chi connectivity index (χ4n) is 2.44. The lowest BCUT2D eigenvalue weighted by Gasteiger charge is -2.33. The van der Waals surface area contributed by atoms with E-state index in [4.69, 9.17) is 9.52 Å². The fraction of sp³-hybridized carbons (Fsp3) is 0.615. The third-order valence-corrected chi connectivity index (χ3v) is 3.68. The van der Waals surface area contributed by atoms with Crippen molar-refractivity contribution in [3.63, 3.8) is 0 Å². The van der Waals surface area contributed by atoms with Crippen molar-refractivity contribution in [1.29, 1.82) is 0 Å². The summed E-state index contributed by atoms with van der Waals surface area (Å²) in [6.45, 7) is 2.28. The molecule has 0 bridgehead atoms. The summed E-state index contributed by atoms with van der Waals surface area (Å²) in [4.78, 5) is 12.8. The van der Waals surface area contributed by atoms with Crippen molar-refractivity contribution in [3.05, 3.63) is 17.9 Å². The molecule has 1 N–H and O–H groups in total. The molecule has 1 aromatic rings. The zero-order chi connectivity index (χ0) is 12.4. The smallest absolute Gasteiger partial charge is 0.371 e. The van der Waals surface area contributed by atoms with E-state index in [1.165, 1.54) is 18.9 Å². The SMILES string of the molecule is CC1CCC(N(C)c2ccc(C(=O)O)o2)CC1. The van der Waals surface area contributed by atoms with Gasteiger partial charge in [-0.05, 0) is 37.7 Å². The Bertz CT molecular complexity index is 391. The average molecular weight is 237 g/mol. The second kappa shape index (κ2) is 4.82. The van der Waals surface area contributed by atoms with Gasteiger partial charge in [0.2, 0.25) is 5.76 Å². The molecule has 0 saturated heterocycles. The van der Waals surface area contributed by atoms with E-state index in [9.17, 15) is 4.79 Å². The van der Waals surface area contributed by atoms with Crippen LogP contribution in [-0.2, 0) is 0 Å². The van der Waals surface area contributed by atoms with Gasteiger partial charge in [0.15, 0.2) is 5.88 Å². The zero-order valence-electron chi connectivity index (χ0n) is 10.3. The van der Waals surface area contributed by atoms with Crippen LogP contribution in [0.4, 0.5) is 5.88 Å². The second-order valence-corrected chi connectivity index (χ2v) is 4.97. The summed E-state index contributed by atoms with van der Waals surface area (Å²) in [6.07, 6.45) is 4.78. The van der Waals surface area contributed by atoms with Crippen LogP contribution in [0.25, 0.3) is 0 Å². The van der Waals surface area contributed by atoms with Crippen LogP contribution in [-0.4, -0.2) is 24.2 Å². The Balaban J connectivity index is 2.03. The Kier molecular flexibility index (Phi) is 3.41. The predicted molar refractivity (Wildman–Crippen MR) is 65.5 cm³/mol. The molecule has 0 unspecified atom stereocenters. The third-order valence-electron chi connectivity index (χ3n) is 3.68. The lowest BCUT2D eigenvalue weighted by molar-refractivity contribution is 0.0663. The van der Waals surface area contributed by atoms with Crippen LogP contribution in [0, 0.1) is 5.92 Å². The normalized spacial score (nSPS) is 24.6. The first kappa shape index (κ1) is 12.0. The van der Waals surface area contributed by atoms with Crippen molar-refractivity contribution >= 4 is 11.9 Å². The molecule has 17 heavy (non-hydrogen) atoms. The number of anilines is 1. The van der Waals surface area contributed by atoms with Gasteiger partial charge in [-0.15, -0.1) is 0 Å². The number of hydrogen-bond donors (Lipinski definition) is 1. The van der Waals surface area contributed by atoms with Gasteiger partial charge in [0.25, 0.3) is 0 Å². The van der Waals surface area contributed by atoms with Crippen molar-refractivity contribution in [3.8, 4) is 0 Å². The number of carboxylic acid groups (broad SMARTS) is 1. The maximum Gasteiger partial charge on any atom is 0.371 e. The van der Waals surface area contributed by atoms with E-state index in [1.807, 2.05) is 7.05 Å². The van der Waals surface area contributed by atoms with Gasteiger partial charge < -0.3 is 14.4 Å². The molecule has 0 atom stereocenters. The Morgan fingerprint density at radius 1 is 1.35 bits per heavy atom. The van der Waals surface area contributed by atoms with Crippen LogP contribution in [0.1, 0.15) is 43.2 Å². The first-order valence-corrected chi connectivity index (χ1v) is 6.14. The summed E-state index contributed by atoms with van der Waals surface area (Å²) >= 11 is 0. The lowest BCUT2D eigenvalue weighted by atomic mass is 9.87. The van der Waals surface area contributed by atoms with E-state index in [1.54, 1.807) is 6.07 Å². The van der Waals surface area contributed by atoms with Crippen LogP contribution in [0.15, 0.2) is 16.5 Å². The van der Waals surface area contributed by atoms with Crippen LogP contribution in [0.2, 0.25) is 0 Å². The van der Waals surface area contributed by atoms with E-state index in [0.29, 0.717) is 11.9 Å². The Labute approximate surface area is 101 Å². The molecule has 0 aromatic carbocycles. The molecule has 4 heteroatoms. The summed E-state index contributed by atoms with van der Waals surface area (Å²) in [7, 11) is 1.98. The highest BCUT2D eigenvalue weighted by molar-refractivity contribution is 5.84. The van der Waals surface area contributed by atoms with Crippen LogP contribution >= 0.6 is 0 Å². The Hall–Kier alpha value is -1.45. The van der Waals surface area contributed by atoms with Gasteiger partial charge in [0, 0.05) is 19.2 Å². The van der Waals surface area contributed by atoms with Crippen molar-refractivity contribution in [2.45, 2.75) is 38.6 Å². The van der Waals surface area contributed by atoms with Crippen molar-refractivity contribution in [1.82, 2.24) is 0 Å². The minimum Gasteiger partial charge on any atom is -0.475 e. The summed E-state index contributed by atoms with van der Waals surface area (Å²) in [6, 6.07) is 3.72. The zero-order valence-corrected chi connectivity index (χ0v) is 10.3. The molecule has 0 radical (unpaired) electrons. The maximum atomic E-state index is 10.7. The van der Waals surface area contributed by atoms with Gasteiger partial charge >= 0.3 is 5.97 Å². The molecule has 1 aliphatic carbocycles. The summed E-state index contributed by atoms with van der Waals surface area (Å²) in [5, 5.41) is 8.81. The Morgan fingerprint density at radius 3 is 2.53 bits per heavy atom. The standard InChI is InChI=1S/C13H19NO3/c1-9-3-5-10(6-4-9)14(2)12-8-7-11(17-12)13(15)16/h7-10H,3-6H2,1-2H3,(H,15,16). The summed E-state index contributed by atoms with van der Waals surface area (Å²) in [5.74, 6) is 0.464. The maximum absolute atomic E-state index is 10.7. The van der Waals surface area contributed by atoms with E-state index >= 15 is 0 Å². The summed E-state index contributed by atoms with van der Waals surface area (Å²) < 4.78 is 5.31. The van der Waals surface area contributed by atoms with Crippen molar-refractivity contribution < 1.29 is 14.3 Å². The van der Waals surface area contributed by atoms with E-state index in [-0.39, 0.29) is 5.76 Å². The number of aromatic carboxylic acids is 1. The first-order chi connectivity index (χ1) is 8.08. The number of rotatable bonds is 3. The molecule has 1 saturated carbocycles. The van der Waals surface area contributed by atoms with Gasteiger partial charge in [-0.1, -0.05) is 6.92 Å². The molecule has 1 aromatic heterocycles. The molecular weight excluding hydrogens is 218 g/mol. The minimum atomic E-state index is -1.01. The fourth-order valence-corrected chi connectivity index (χ4v) is 2.44. The number of carboxylic acids is 1. The molecule has 1 heterocycles. The molecule has 94 valence electrons. The van der Waals surface area contributed by atoms with Gasteiger partial charge in [-0.2, -0.15) is 0 Å². The second-order valence-electron chi connectivity index (χ2n) is 4.97. The van der Waals surface area contributed by atoms with E-state index < -0.39 is 5.97 Å². The topological polar surface area (TPSA) is 53.7 Å². The van der Waals surface area contributed by atoms with E-state index in [2.05, 4.69) is 11.8 Å².